The molecule has 5 heteroatoms. The van der Waals surface area contributed by atoms with E-state index in [1.807, 2.05) is 0 Å². The third kappa shape index (κ3) is 2.65. The van der Waals surface area contributed by atoms with Crippen LogP contribution in [0.1, 0.15) is 20.3 Å². The Morgan fingerprint density at radius 2 is 2.17 bits per heavy atom. The summed E-state index contributed by atoms with van der Waals surface area (Å²) in [7, 11) is 0. The number of nitrogens with zero attached hydrogens (tertiary/aromatic N) is 1. The molecule has 1 N–H and O–H groups in total. The van der Waals surface area contributed by atoms with Gasteiger partial charge in [-0.3, -0.25) is 9.36 Å². The van der Waals surface area contributed by atoms with Crippen molar-refractivity contribution in [1.29, 1.82) is 0 Å². The lowest BCUT2D eigenvalue weighted by Gasteiger charge is -2.09. The fourth-order valence-corrected chi connectivity index (χ4v) is 2.27. The number of aromatic amines is 1. The summed E-state index contributed by atoms with van der Waals surface area (Å²) in [4.78, 5) is 15.4. The van der Waals surface area contributed by atoms with Gasteiger partial charge in [-0.2, -0.15) is 0 Å². The van der Waals surface area contributed by atoms with E-state index in [9.17, 15) is 4.79 Å². The van der Waals surface area contributed by atoms with Gasteiger partial charge in [-0.1, -0.05) is 25.4 Å². The fourth-order valence-electron chi connectivity index (χ4n) is 1.81. The van der Waals surface area contributed by atoms with Crippen LogP contribution in [0.2, 0.25) is 5.02 Å². The van der Waals surface area contributed by atoms with Gasteiger partial charge in [0.2, 0.25) is 0 Å². The Labute approximate surface area is 115 Å². The van der Waals surface area contributed by atoms with E-state index in [1.54, 1.807) is 22.8 Å². The maximum atomic E-state index is 12.3. The van der Waals surface area contributed by atoms with Crippen LogP contribution in [-0.2, 0) is 6.54 Å². The second kappa shape index (κ2) is 5.24. The van der Waals surface area contributed by atoms with Crippen LogP contribution in [0.3, 0.4) is 0 Å². The number of H-pyrrole nitrogens is 1. The van der Waals surface area contributed by atoms with Crippen LogP contribution in [0.25, 0.3) is 10.9 Å². The van der Waals surface area contributed by atoms with Crippen LogP contribution < -0.4 is 5.56 Å². The standard InChI is InChI=1S/C13H15ClN2OS/c1-8(2)5-6-16-12(17)10-7-9(14)3-4-11(10)15-13(16)18/h3-4,7-8H,5-6H2,1-2H3,(H,15,18). The van der Waals surface area contributed by atoms with E-state index in [0.29, 0.717) is 27.6 Å². The largest absolute Gasteiger partial charge is 0.332 e. The molecular weight excluding hydrogens is 268 g/mol. The summed E-state index contributed by atoms with van der Waals surface area (Å²) in [5, 5.41) is 1.14. The Morgan fingerprint density at radius 1 is 1.44 bits per heavy atom. The minimum Gasteiger partial charge on any atom is -0.332 e. The van der Waals surface area contributed by atoms with Crippen LogP contribution in [0.5, 0.6) is 0 Å². The van der Waals surface area contributed by atoms with Gasteiger partial charge in [0.25, 0.3) is 5.56 Å². The van der Waals surface area contributed by atoms with E-state index in [4.69, 9.17) is 23.8 Å². The highest BCUT2D eigenvalue weighted by Gasteiger charge is 2.06. The zero-order chi connectivity index (χ0) is 13.3. The van der Waals surface area contributed by atoms with Gasteiger partial charge in [-0.05, 0) is 42.8 Å². The summed E-state index contributed by atoms with van der Waals surface area (Å²) < 4.78 is 2.07. The molecular formula is C13H15ClN2OS. The van der Waals surface area contributed by atoms with Gasteiger partial charge >= 0.3 is 0 Å². The third-order valence-electron chi connectivity index (χ3n) is 2.87. The van der Waals surface area contributed by atoms with E-state index >= 15 is 0 Å². The van der Waals surface area contributed by atoms with Crippen LogP contribution in [-0.4, -0.2) is 9.55 Å². The molecule has 0 radical (unpaired) electrons. The summed E-state index contributed by atoms with van der Waals surface area (Å²) in [5.74, 6) is 0.529. The zero-order valence-electron chi connectivity index (χ0n) is 10.4. The summed E-state index contributed by atoms with van der Waals surface area (Å²) >= 11 is 11.1. The van der Waals surface area contributed by atoms with E-state index in [2.05, 4.69) is 18.8 Å². The highest BCUT2D eigenvalue weighted by atomic mass is 35.5. The first kappa shape index (κ1) is 13.3. The van der Waals surface area contributed by atoms with Crippen molar-refractivity contribution in [1.82, 2.24) is 9.55 Å². The second-order valence-electron chi connectivity index (χ2n) is 4.76. The quantitative estimate of drug-likeness (QED) is 0.871. The highest BCUT2D eigenvalue weighted by Crippen LogP contribution is 2.14. The normalized spacial score (nSPS) is 11.3. The molecule has 1 aromatic heterocycles. The monoisotopic (exact) mass is 282 g/mol. The SMILES string of the molecule is CC(C)CCn1c(=S)[nH]c2ccc(Cl)cc2c1=O. The van der Waals surface area contributed by atoms with Crippen molar-refractivity contribution in [2.75, 3.05) is 0 Å². The first-order valence-corrected chi connectivity index (χ1v) is 6.70. The molecule has 0 fully saturated rings. The van der Waals surface area contributed by atoms with Gasteiger partial charge in [0.15, 0.2) is 4.77 Å². The Morgan fingerprint density at radius 3 is 2.83 bits per heavy atom. The number of hydrogen-bond donors (Lipinski definition) is 1. The second-order valence-corrected chi connectivity index (χ2v) is 5.58. The van der Waals surface area contributed by atoms with E-state index < -0.39 is 0 Å². The molecule has 96 valence electrons. The molecule has 0 spiro atoms. The van der Waals surface area contributed by atoms with Gasteiger partial charge in [-0.25, -0.2) is 0 Å². The molecule has 0 amide bonds. The molecule has 0 saturated heterocycles. The number of hydrogen-bond acceptors (Lipinski definition) is 2. The Bertz CT molecular complexity index is 687. The summed E-state index contributed by atoms with van der Waals surface area (Å²) in [6.45, 7) is 4.87. The van der Waals surface area contributed by atoms with Gasteiger partial charge in [-0.15, -0.1) is 0 Å². The van der Waals surface area contributed by atoms with Crippen molar-refractivity contribution in [2.45, 2.75) is 26.8 Å². The number of fused-ring (bicyclic) bond motifs is 1. The Kier molecular flexibility index (Phi) is 3.88. The average Bonchev–Trinajstić information content (AvgIpc) is 2.30. The van der Waals surface area contributed by atoms with Crippen LogP contribution in [0.4, 0.5) is 0 Å². The lowest BCUT2D eigenvalue weighted by atomic mass is 10.1. The Hall–Kier alpha value is -1.13. The summed E-state index contributed by atoms with van der Waals surface area (Å²) in [6.07, 6.45) is 0.920. The van der Waals surface area contributed by atoms with Crippen molar-refractivity contribution in [3.05, 3.63) is 38.3 Å². The van der Waals surface area contributed by atoms with E-state index in [-0.39, 0.29) is 5.56 Å². The van der Waals surface area contributed by atoms with Crippen molar-refractivity contribution in [2.24, 2.45) is 5.92 Å². The zero-order valence-corrected chi connectivity index (χ0v) is 11.9. The predicted octanol–water partition coefficient (Wildman–Crippen LogP) is 3.76. The maximum absolute atomic E-state index is 12.3. The molecule has 0 bridgehead atoms. The smallest absolute Gasteiger partial charge is 0.262 e. The highest BCUT2D eigenvalue weighted by molar-refractivity contribution is 7.71. The molecule has 1 aromatic carbocycles. The molecule has 0 aliphatic heterocycles. The fraction of sp³-hybridized carbons (Fsp3) is 0.385. The van der Waals surface area contributed by atoms with Gasteiger partial charge in [0.05, 0.1) is 10.9 Å². The minimum atomic E-state index is -0.0723. The van der Waals surface area contributed by atoms with E-state index in [0.717, 1.165) is 11.9 Å². The molecule has 1 heterocycles. The Balaban J connectivity index is 2.60. The molecule has 2 rings (SSSR count). The van der Waals surface area contributed by atoms with E-state index in [1.165, 1.54) is 0 Å². The summed E-state index contributed by atoms with van der Waals surface area (Å²) in [6, 6.07) is 5.20. The summed E-state index contributed by atoms with van der Waals surface area (Å²) in [5.41, 5.74) is 0.659. The number of halogens is 1. The number of rotatable bonds is 3. The minimum absolute atomic E-state index is 0.0723. The molecule has 0 aliphatic carbocycles. The lowest BCUT2D eigenvalue weighted by molar-refractivity contribution is 0.502. The average molecular weight is 283 g/mol. The molecule has 2 aromatic rings. The molecule has 0 saturated carbocycles. The van der Waals surface area contributed by atoms with Crippen molar-refractivity contribution in [3.63, 3.8) is 0 Å². The van der Waals surface area contributed by atoms with Crippen molar-refractivity contribution in [3.8, 4) is 0 Å². The molecule has 3 nitrogen and oxygen atoms in total. The van der Waals surface area contributed by atoms with Crippen molar-refractivity contribution < 1.29 is 0 Å². The lowest BCUT2D eigenvalue weighted by Crippen LogP contribution is -2.23. The van der Waals surface area contributed by atoms with Gasteiger partial charge in [0.1, 0.15) is 0 Å². The van der Waals surface area contributed by atoms with Crippen LogP contribution >= 0.6 is 23.8 Å². The first-order valence-electron chi connectivity index (χ1n) is 5.91. The molecule has 0 aliphatic rings. The van der Waals surface area contributed by atoms with Gasteiger partial charge in [0, 0.05) is 11.6 Å². The van der Waals surface area contributed by atoms with Crippen LogP contribution in [0.15, 0.2) is 23.0 Å². The third-order valence-corrected chi connectivity index (χ3v) is 3.43. The maximum Gasteiger partial charge on any atom is 0.262 e. The number of aromatic nitrogens is 2. The number of benzene rings is 1. The van der Waals surface area contributed by atoms with Gasteiger partial charge < -0.3 is 4.98 Å². The predicted molar refractivity (Wildman–Crippen MR) is 77.9 cm³/mol. The van der Waals surface area contributed by atoms with Crippen molar-refractivity contribution >= 4 is 34.7 Å². The molecule has 0 atom stereocenters. The van der Waals surface area contributed by atoms with Crippen LogP contribution in [0, 0.1) is 10.7 Å². The first-order chi connectivity index (χ1) is 8.49. The molecule has 18 heavy (non-hydrogen) atoms. The molecule has 0 unspecified atom stereocenters. The number of nitrogens with one attached hydrogen (secondary N) is 1. The topological polar surface area (TPSA) is 37.8 Å².